The lowest BCUT2D eigenvalue weighted by Crippen LogP contribution is -2.33. The Morgan fingerprint density at radius 3 is 2.57 bits per heavy atom. The summed E-state index contributed by atoms with van der Waals surface area (Å²) in [7, 11) is 0. The highest BCUT2D eigenvalue weighted by Gasteiger charge is 2.18. The van der Waals surface area contributed by atoms with Crippen molar-refractivity contribution in [2.45, 2.75) is 40.0 Å². The van der Waals surface area contributed by atoms with Crippen LogP contribution in [0, 0.1) is 12.8 Å². The van der Waals surface area contributed by atoms with Crippen LogP contribution in [0.3, 0.4) is 0 Å². The molecule has 0 amide bonds. The minimum Gasteiger partial charge on any atom is -0.371 e. The second kappa shape index (κ2) is 8.18. The monoisotopic (exact) mass is 370 g/mol. The largest absolute Gasteiger partial charge is 0.371 e. The van der Waals surface area contributed by atoms with Crippen molar-refractivity contribution in [3.8, 4) is 0 Å². The molecule has 0 aliphatic carbocycles. The average molecular weight is 371 g/mol. The molecule has 4 rings (SSSR count). The minimum atomic E-state index is 0.845. The summed E-state index contributed by atoms with van der Waals surface area (Å²) in [5.41, 5.74) is 6.34. The van der Waals surface area contributed by atoms with Gasteiger partial charge in [0.05, 0.1) is 5.69 Å². The van der Waals surface area contributed by atoms with Crippen LogP contribution in [0.1, 0.15) is 49.1 Å². The summed E-state index contributed by atoms with van der Waals surface area (Å²) in [6.07, 6.45) is 10.0. The van der Waals surface area contributed by atoms with Crippen molar-refractivity contribution in [1.82, 2.24) is 4.98 Å². The van der Waals surface area contributed by atoms with Crippen LogP contribution in [-0.2, 0) is 6.42 Å². The van der Waals surface area contributed by atoms with Crippen LogP contribution in [0.25, 0.3) is 22.9 Å². The summed E-state index contributed by atoms with van der Waals surface area (Å²) in [5, 5.41) is 2.62. The predicted octanol–water partition coefficient (Wildman–Crippen LogP) is 6.51. The molecule has 0 unspecified atom stereocenters. The van der Waals surface area contributed by atoms with Crippen molar-refractivity contribution in [2.75, 3.05) is 18.0 Å². The van der Waals surface area contributed by atoms with E-state index in [4.69, 9.17) is 4.98 Å². The Balaban J connectivity index is 1.66. The molecule has 0 N–H and O–H groups in total. The molecule has 0 saturated carbocycles. The van der Waals surface area contributed by atoms with Crippen LogP contribution in [0.4, 0.5) is 5.69 Å². The molecule has 1 aliphatic heterocycles. The SMILES string of the molecule is CCc1cnc(C=Cc2cccc3cccc(C)c23)cc1N1CCC(C)CC1. The van der Waals surface area contributed by atoms with E-state index in [1.807, 2.05) is 0 Å². The third-order valence-electron chi connectivity index (χ3n) is 6.07. The number of nitrogens with zero attached hydrogens (tertiary/aromatic N) is 2. The van der Waals surface area contributed by atoms with Gasteiger partial charge in [0.1, 0.15) is 0 Å². The Morgan fingerprint density at radius 2 is 1.82 bits per heavy atom. The molecular formula is C26H30N2. The molecule has 2 heterocycles. The Labute approximate surface area is 168 Å². The number of fused-ring (bicyclic) bond motifs is 1. The zero-order valence-electron chi connectivity index (χ0n) is 17.3. The van der Waals surface area contributed by atoms with E-state index in [0.717, 1.165) is 31.1 Å². The molecule has 0 radical (unpaired) electrons. The van der Waals surface area contributed by atoms with E-state index in [0.29, 0.717) is 0 Å². The van der Waals surface area contributed by atoms with Gasteiger partial charge in [0.25, 0.3) is 0 Å². The van der Waals surface area contributed by atoms with E-state index >= 15 is 0 Å². The van der Waals surface area contributed by atoms with E-state index in [2.05, 4.69) is 86.5 Å². The molecule has 1 saturated heterocycles. The van der Waals surface area contributed by atoms with Crippen molar-refractivity contribution in [3.63, 3.8) is 0 Å². The molecule has 0 bridgehead atoms. The van der Waals surface area contributed by atoms with Gasteiger partial charge in [0, 0.05) is 25.0 Å². The predicted molar refractivity (Wildman–Crippen MR) is 122 cm³/mol. The summed E-state index contributed by atoms with van der Waals surface area (Å²) in [6, 6.07) is 15.3. The molecule has 1 aromatic heterocycles. The van der Waals surface area contributed by atoms with Crippen LogP contribution in [0.2, 0.25) is 0 Å². The zero-order chi connectivity index (χ0) is 19.5. The van der Waals surface area contributed by atoms with Gasteiger partial charge in [-0.3, -0.25) is 4.98 Å². The number of piperidine rings is 1. The molecule has 2 heteroatoms. The fourth-order valence-electron chi connectivity index (χ4n) is 4.27. The van der Waals surface area contributed by atoms with Crippen molar-refractivity contribution in [3.05, 3.63) is 71.0 Å². The van der Waals surface area contributed by atoms with Crippen molar-refractivity contribution >= 4 is 28.6 Å². The molecule has 2 aromatic carbocycles. The second-order valence-electron chi connectivity index (χ2n) is 8.11. The van der Waals surface area contributed by atoms with Crippen molar-refractivity contribution in [1.29, 1.82) is 0 Å². The van der Waals surface area contributed by atoms with Gasteiger partial charge < -0.3 is 4.90 Å². The number of hydrogen-bond donors (Lipinski definition) is 0. The third kappa shape index (κ3) is 3.82. The van der Waals surface area contributed by atoms with Gasteiger partial charge in [-0.15, -0.1) is 0 Å². The maximum Gasteiger partial charge on any atom is 0.0650 e. The first-order valence-electron chi connectivity index (χ1n) is 10.6. The molecule has 1 aliphatic rings. The molecule has 144 valence electrons. The lowest BCUT2D eigenvalue weighted by Gasteiger charge is -2.33. The Hall–Kier alpha value is -2.61. The summed E-state index contributed by atoms with van der Waals surface area (Å²) in [4.78, 5) is 7.28. The third-order valence-corrected chi connectivity index (χ3v) is 6.07. The van der Waals surface area contributed by atoms with Gasteiger partial charge in [-0.25, -0.2) is 0 Å². The van der Waals surface area contributed by atoms with Gasteiger partial charge in [-0.1, -0.05) is 56.3 Å². The number of pyridine rings is 1. The first-order valence-corrected chi connectivity index (χ1v) is 10.6. The molecule has 1 fully saturated rings. The Bertz CT molecular complexity index is 989. The number of aromatic nitrogens is 1. The number of rotatable bonds is 4. The van der Waals surface area contributed by atoms with Crippen molar-refractivity contribution in [2.24, 2.45) is 5.92 Å². The topological polar surface area (TPSA) is 16.1 Å². The van der Waals surface area contributed by atoms with Crippen LogP contribution in [0.5, 0.6) is 0 Å². The van der Waals surface area contributed by atoms with Crippen LogP contribution >= 0.6 is 0 Å². The molecule has 28 heavy (non-hydrogen) atoms. The Kier molecular flexibility index (Phi) is 5.47. The van der Waals surface area contributed by atoms with Gasteiger partial charge >= 0.3 is 0 Å². The van der Waals surface area contributed by atoms with Crippen LogP contribution in [0.15, 0.2) is 48.7 Å². The lowest BCUT2D eigenvalue weighted by molar-refractivity contribution is 0.438. The van der Waals surface area contributed by atoms with Gasteiger partial charge in [0.15, 0.2) is 0 Å². The summed E-state index contributed by atoms with van der Waals surface area (Å²) in [5.74, 6) is 0.845. The first kappa shape index (κ1) is 18.7. The lowest BCUT2D eigenvalue weighted by atomic mass is 9.97. The number of anilines is 1. The van der Waals surface area contributed by atoms with Gasteiger partial charge in [-0.2, -0.15) is 0 Å². The van der Waals surface area contributed by atoms with E-state index in [9.17, 15) is 0 Å². The molecule has 3 aromatic rings. The highest BCUT2D eigenvalue weighted by atomic mass is 15.1. The van der Waals surface area contributed by atoms with E-state index < -0.39 is 0 Å². The van der Waals surface area contributed by atoms with E-state index in [-0.39, 0.29) is 0 Å². The van der Waals surface area contributed by atoms with Crippen molar-refractivity contribution < 1.29 is 0 Å². The Morgan fingerprint density at radius 1 is 1.07 bits per heavy atom. The van der Waals surface area contributed by atoms with Gasteiger partial charge in [0.2, 0.25) is 0 Å². The number of benzene rings is 2. The molecule has 2 nitrogen and oxygen atoms in total. The maximum atomic E-state index is 4.72. The normalized spacial score (nSPS) is 15.6. The summed E-state index contributed by atoms with van der Waals surface area (Å²) in [6.45, 7) is 9.09. The van der Waals surface area contributed by atoms with Crippen LogP contribution in [-0.4, -0.2) is 18.1 Å². The average Bonchev–Trinajstić information content (AvgIpc) is 2.73. The maximum absolute atomic E-state index is 4.72. The first-order chi connectivity index (χ1) is 13.7. The quantitative estimate of drug-likeness (QED) is 0.520. The summed E-state index contributed by atoms with van der Waals surface area (Å²) < 4.78 is 0. The fourth-order valence-corrected chi connectivity index (χ4v) is 4.27. The fraction of sp³-hybridized carbons (Fsp3) is 0.346. The molecule has 0 atom stereocenters. The van der Waals surface area contributed by atoms with Crippen LogP contribution < -0.4 is 4.90 Å². The second-order valence-corrected chi connectivity index (χ2v) is 8.11. The number of hydrogen-bond acceptors (Lipinski definition) is 2. The minimum absolute atomic E-state index is 0.845. The standard InChI is InChI=1S/C26H30N2/c1-4-21-18-27-24(17-25(21)28-15-13-19(2)14-16-28)12-11-23-10-6-9-22-8-5-7-20(3)26(22)23/h5-12,17-19H,4,13-16H2,1-3H3. The van der Waals surface area contributed by atoms with E-state index in [1.54, 1.807) is 0 Å². The van der Waals surface area contributed by atoms with E-state index in [1.165, 1.54) is 46.0 Å². The molecular weight excluding hydrogens is 340 g/mol. The highest BCUT2D eigenvalue weighted by molar-refractivity contribution is 5.95. The highest BCUT2D eigenvalue weighted by Crippen LogP contribution is 2.28. The zero-order valence-corrected chi connectivity index (χ0v) is 17.3. The molecule has 0 spiro atoms. The van der Waals surface area contributed by atoms with Gasteiger partial charge in [-0.05, 0) is 71.7 Å². The summed E-state index contributed by atoms with van der Waals surface area (Å²) >= 11 is 0. The number of aryl methyl sites for hydroxylation is 2. The smallest absolute Gasteiger partial charge is 0.0650 e.